The van der Waals surface area contributed by atoms with Crippen LogP contribution in [0.5, 0.6) is 0 Å². The molecular weight excluding hydrogens is 242 g/mol. The first-order valence-corrected chi connectivity index (χ1v) is 7.46. The van der Waals surface area contributed by atoms with Crippen LogP contribution in [0.15, 0.2) is 0 Å². The SMILES string of the molecule is CC(C)CCOCCNC(=O)CN1CCCNCC1. The second-order valence-corrected chi connectivity index (χ2v) is 5.52. The van der Waals surface area contributed by atoms with Gasteiger partial charge in [-0.1, -0.05) is 13.8 Å². The van der Waals surface area contributed by atoms with Gasteiger partial charge < -0.3 is 15.4 Å². The Bertz CT molecular complexity index is 239. The molecule has 1 saturated heterocycles. The maximum Gasteiger partial charge on any atom is 0.234 e. The van der Waals surface area contributed by atoms with Crippen molar-refractivity contribution in [1.29, 1.82) is 0 Å². The lowest BCUT2D eigenvalue weighted by Gasteiger charge is -2.18. The number of rotatable bonds is 8. The molecule has 5 heteroatoms. The quantitative estimate of drug-likeness (QED) is 0.630. The standard InChI is InChI=1S/C14H29N3O2/c1-13(2)4-10-19-11-7-16-14(18)12-17-8-3-5-15-6-9-17/h13,15H,3-12H2,1-2H3,(H,16,18). The van der Waals surface area contributed by atoms with Crippen LogP contribution in [0, 0.1) is 5.92 Å². The van der Waals surface area contributed by atoms with Gasteiger partial charge in [-0.15, -0.1) is 0 Å². The molecule has 19 heavy (non-hydrogen) atoms. The number of carbonyl (C=O) groups excluding carboxylic acids is 1. The van der Waals surface area contributed by atoms with Crippen LogP contribution in [0.2, 0.25) is 0 Å². The van der Waals surface area contributed by atoms with E-state index in [0.29, 0.717) is 25.6 Å². The fourth-order valence-corrected chi connectivity index (χ4v) is 2.00. The third-order valence-electron chi connectivity index (χ3n) is 3.21. The van der Waals surface area contributed by atoms with Crippen LogP contribution in [0.3, 0.4) is 0 Å². The van der Waals surface area contributed by atoms with E-state index in [1.807, 2.05) is 0 Å². The molecule has 0 bridgehead atoms. The van der Waals surface area contributed by atoms with E-state index >= 15 is 0 Å². The Kier molecular flexibility index (Phi) is 8.79. The molecule has 0 aromatic heterocycles. The van der Waals surface area contributed by atoms with Gasteiger partial charge in [-0.2, -0.15) is 0 Å². The second kappa shape index (κ2) is 10.2. The third kappa shape index (κ3) is 8.97. The number of hydrogen-bond donors (Lipinski definition) is 2. The Morgan fingerprint density at radius 3 is 2.95 bits per heavy atom. The van der Waals surface area contributed by atoms with Gasteiger partial charge in [-0.3, -0.25) is 9.69 Å². The minimum atomic E-state index is 0.106. The highest BCUT2D eigenvalue weighted by molar-refractivity contribution is 5.77. The average Bonchev–Trinajstić information content (AvgIpc) is 2.62. The summed E-state index contributed by atoms with van der Waals surface area (Å²) in [6, 6.07) is 0. The Labute approximate surface area is 117 Å². The molecule has 1 heterocycles. The van der Waals surface area contributed by atoms with Gasteiger partial charge in [0.05, 0.1) is 13.2 Å². The lowest BCUT2D eigenvalue weighted by atomic mass is 10.1. The summed E-state index contributed by atoms with van der Waals surface area (Å²) in [6.07, 6.45) is 2.19. The molecule has 0 radical (unpaired) electrons. The van der Waals surface area contributed by atoms with Gasteiger partial charge >= 0.3 is 0 Å². The minimum absolute atomic E-state index is 0.106. The molecule has 0 saturated carbocycles. The van der Waals surface area contributed by atoms with Gasteiger partial charge in [0.15, 0.2) is 0 Å². The molecule has 0 unspecified atom stereocenters. The maximum absolute atomic E-state index is 11.7. The highest BCUT2D eigenvalue weighted by Gasteiger charge is 2.11. The molecule has 5 nitrogen and oxygen atoms in total. The predicted octanol–water partition coefficient (Wildman–Crippen LogP) is 0.461. The van der Waals surface area contributed by atoms with E-state index in [1.165, 1.54) is 0 Å². The third-order valence-corrected chi connectivity index (χ3v) is 3.21. The van der Waals surface area contributed by atoms with Crippen molar-refractivity contribution in [3.63, 3.8) is 0 Å². The number of ether oxygens (including phenoxy) is 1. The Balaban J connectivity index is 1.98. The lowest BCUT2D eigenvalue weighted by Crippen LogP contribution is -2.39. The highest BCUT2D eigenvalue weighted by Crippen LogP contribution is 1.98. The van der Waals surface area contributed by atoms with Gasteiger partial charge in [0, 0.05) is 26.2 Å². The van der Waals surface area contributed by atoms with Crippen molar-refractivity contribution in [1.82, 2.24) is 15.5 Å². The fraction of sp³-hybridized carbons (Fsp3) is 0.929. The van der Waals surface area contributed by atoms with Gasteiger partial charge in [0.1, 0.15) is 0 Å². The molecule has 2 N–H and O–H groups in total. The number of nitrogens with zero attached hydrogens (tertiary/aromatic N) is 1. The summed E-state index contributed by atoms with van der Waals surface area (Å²) < 4.78 is 5.47. The lowest BCUT2D eigenvalue weighted by molar-refractivity contribution is -0.122. The monoisotopic (exact) mass is 271 g/mol. The van der Waals surface area contributed by atoms with Crippen LogP contribution in [0.4, 0.5) is 0 Å². The molecule has 0 aromatic rings. The van der Waals surface area contributed by atoms with Crippen molar-refractivity contribution in [3.8, 4) is 0 Å². The van der Waals surface area contributed by atoms with Crippen LogP contribution in [-0.4, -0.2) is 63.3 Å². The summed E-state index contributed by atoms with van der Waals surface area (Å²) in [7, 11) is 0. The van der Waals surface area contributed by atoms with E-state index in [-0.39, 0.29) is 5.91 Å². The van der Waals surface area contributed by atoms with E-state index in [4.69, 9.17) is 4.74 Å². The second-order valence-electron chi connectivity index (χ2n) is 5.52. The van der Waals surface area contributed by atoms with Crippen LogP contribution < -0.4 is 10.6 Å². The van der Waals surface area contributed by atoms with Gasteiger partial charge in [-0.25, -0.2) is 0 Å². The normalized spacial score (nSPS) is 17.4. The molecule has 0 atom stereocenters. The van der Waals surface area contributed by atoms with Crippen molar-refractivity contribution in [2.24, 2.45) is 5.92 Å². The Morgan fingerprint density at radius 1 is 1.32 bits per heavy atom. The van der Waals surface area contributed by atoms with Crippen molar-refractivity contribution in [2.75, 3.05) is 52.5 Å². The summed E-state index contributed by atoms with van der Waals surface area (Å²) in [5.41, 5.74) is 0. The van der Waals surface area contributed by atoms with Crippen LogP contribution >= 0.6 is 0 Å². The van der Waals surface area contributed by atoms with Gasteiger partial charge in [-0.05, 0) is 31.8 Å². The minimum Gasteiger partial charge on any atom is -0.380 e. The number of amides is 1. The first-order chi connectivity index (χ1) is 9.18. The predicted molar refractivity (Wildman–Crippen MR) is 77.2 cm³/mol. The fourth-order valence-electron chi connectivity index (χ4n) is 2.00. The molecule has 0 spiro atoms. The first-order valence-electron chi connectivity index (χ1n) is 7.46. The number of hydrogen-bond acceptors (Lipinski definition) is 4. The van der Waals surface area contributed by atoms with Crippen LogP contribution in [0.1, 0.15) is 26.7 Å². The van der Waals surface area contributed by atoms with Crippen LogP contribution in [0.25, 0.3) is 0 Å². The topological polar surface area (TPSA) is 53.6 Å². The zero-order chi connectivity index (χ0) is 13.9. The summed E-state index contributed by atoms with van der Waals surface area (Å²) in [6.45, 7) is 10.9. The smallest absolute Gasteiger partial charge is 0.234 e. The first kappa shape index (κ1) is 16.4. The van der Waals surface area contributed by atoms with E-state index in [1.54, 1.807) is 0 Å². The maximum atomic E-state index is 11.7. The molecule has 1 aliphatic heterocycles. The average molecular weight is 271 g/mol. The molecule has 1 rings (SSSR count). The molecule has 0 aliphatic carbocycles. The molecule has 0 aromatic carbocycles. The molecule has 1 fully saturated rings. The highest BCUT2D eigenvalue weighted by atomic mass is 16.5. The van der Waals surface area contributed by atoms with Crippen LogP contribution in [-0.2, 0) is 9.53 Å². The molecule has 1 amide bonds. The largest absolute Gasteiger partial charge is 0.380 e. The molecular formula is C14H29N3O2. The van der Waals surface area contributed by atoms with E-state index in [2.05, 4.69) is 29.4 Å². The van der Waals surface area contributed by atoms with Crippen molar-refractivity contribution in [2.45, 2.75) is 26.7 Å². The zero-order valence-electron chi connectivity index (χ0n) is 12.4. The molecule has 1 aliphatic rings. The number of carbonyl (C=O) groups is 1. The zero-order valence-corrected chi connectivity index (χ0v) is 12.4. The Hall–Kier alpha value is -0.650. The van der Waals surface area contributed by atoms with E-state index in [0.717, 1.165) is 45.6 Å². The molecule has 112 valence electrons. The van der Waals surface area contributed by atoms with Crippen molar-refractivity contribution in [3.05, 3.63) is 0 Å². The van der Waals surface area contributed by atoms with E-state index < -0.39 is 0 Å². The van der Waals surface area contributed by atoms with E-state index in [9.17, 15) is 4.79 Å². The summed E-state index contributed by atoms with van der Waals surface area (Å²) in [5, 5.41) is 6.24. The number of nitrogens with one attached hydrogen (secondary N) is 2. The summed E-state index contributed by atoms with van der Waals surface area (Å²) >= 11 is 0. The summed E-state index contributed by atoms with van der Waals surface area (Å²) in [4.78, 5) is 13.9. The Morgan fingerprint density at radius 2 is 2.16 bits per heavy atom. The van der Waals surface area contributed by atoms with Gasteiger partial charge in [0.25, 0.3) is 0 Å². The summed E-state index contributed by atoms with van der Waals surface area (Å²) in [5.74, 6) is 0.778. The van der Waals surface area contributed by atoms with Crippen molar-refractivity contribution < 1.29 is 9.53 Å². The van der Waals surface area contributed by atoms with Crippen molar-refractivity contribution >= 4 is 5.91 Å². The van der Waals surface area contributed by atoms with Gasteiger partial charge in [0.2, 0.25) is 5.91 Å².